The minimum absolute atomic E-state index is 0.205. The van der Waals surface area contributed by atoms with Crippen LogP contribution in [-0.2, 0) is 19.1 Å². The van der Waals surface area contributed by atoms with Crippen LogP contribution in [0.5, 0.6) is 0 Å². The molecule has 26 heavy (non-hydrogen) atoms. The second-order valence-electron chi connectivity index (χ2n) is 4.72. The molecule has 0 saturated heterocycles. The van der Waals surface area contributed by atoms with Crippen LogP contribution < -0.4 is 5.32 Å². The van der Waals surface area contributed by atoms with Crippen molar-refractivity contribution in [2.75, 3.05) is 19.9 Å². The Morgan fingerprint density at radius 1 is 1.08 bits per heavy atom. The van der Waals surface area contributed by atoms with Crippen molar-refractivity contribution in [3.8, 4) is 0 Å². The van der Waals surface area contributed by atoms with E-state index in [2.05, 4.69) is 29.8 Å². The van der Waals surface area contributed by atoms with E-state index in [1.165, 1.54) is 17.7 Å². The lowest BCUT2D eigenvalue weighted by molar-refractivity contribution is -0.137. The number of ether oxygens (including phenoxy) is 2. The van der Waals surface area contributed by atoms with E-state index < -0.39 is 0 Å². The van der Waals surface area contributed by atoms with Crippen LogP contribution in [0.15, 0.2) is 62.2 Å². The predicted octanol–water partition coefficient (Wildman–Crippen LogP) is 4.13. The van der Waals surface area contributed by atoms with Crippen LogP contribution in [0.4, 0.5) is 0 Å². The first-order chi connectivity index (χ1) is 12.5. The Hall–Kier alpha value is -2.66. The van der Waals surface area contributed by atoms with E-state index in [0.29, 0.717) is 13.2 Å². The summed E-state index contributed by atoms with van der Waals surface area (Å²) in [4.78, 5) is 20.7. The molecule has 1 N–H and O–H groups in total. The summed E-state index contributed by atoms with van der Waals surface area (Å²) in [5.41, 5.74) is 1.17. The van der Waals surface area contributed by atoms with E-state index in [1.807, 2.05) is 50.3 Å². The maximum Gasteiger partial charge on any atom is 0.330 e. The number of rotatable bonds is 9. The quantitative estimate of drug-likeness (QED) is 0.311. The van der Waals surface area contributed by atoms with Crippen LogP contribution in [0.25, 0.3) is 6.08 Å². The number of benzene rings is 1. The number of nitrogens with one attached hydrogen (secondary N) is 1. The third-order valence-corrected chi connectivity index (χ3v) is 2.68. The largest absolute Gasteiger partial charge is 0.463 e. The molecule has 0 aliphatic carbocycles. The molecule has 0 spiro atoms. The Balaban J connectivity index is 0. The molecular weight excluding hydrogens is 330 g/mol. The maximum atomic E-state index is 10.4. The molecule has 0 bridgehead atoms. The molecule has 0 aromatic heterocycles. The minimum atomic E-state index is -0.330. The van der Waals surface area contributed by atoms with Gasteiger partial charge in [-0.3, -0.25) is 4.79 Å². The van der Waals surface area contributed by atoms with Crippen molar-refractivity contribution in [2.24, 2.45) is 0 Å². The van der Waals surface area contributed by atoms with Gasteiger partial charge < -0.3 is 14.8 Å². The van der Waals surface area contributed by atoms with Crippen molar-refractivity contribution < 1.29 is 19.1 Å². The Labute approximate surface area is 157 Å². The zero-order valence-electron chi connectivity index (χ0n) is 15.9. The Kier molecular flexibility index (Phi) is 20.1. The zero-order valence-corrected chi connectivity index (χ0v) is 15.9. The highest BCUT2D eigenvalue weighted by atomic mass is 16.5. The fraction of sp³-hybridized carbons (Fsp3) is 0.333. The Morgan fingerprint density at radius 2 is 1.73 bits per heavy atom. The topological polar surface area (TPSA) is 64.6 Å². The first kappa shape index (κ1) is 25.6. The molecule has 0 aliphatic heterocycles. The van der Waals surface area contributed by atoms with Crippen molar-refractivity contribution in [1.82, 2.24) is 5.32 Å². The number of hydrogen-bond acceptors (Lipinski definition) is 4. The summed E-state index contributed by atoms with van der Waals surface area (Å²) < 4.78 is 9.50. The average Bonchev–Trinajstić information content (AvgIpc) is 2.69. The van der Waals surface area contributed by atoms with E-state index in [4.69, 9.17) is 4.74 Å². The molecule has 0 aliphatic rings. The molecule has 5 heteroatoms. The number of unbranched alkanes of at least 4 members (excludes halogenated alkanes) is 1. The molecule has 0 atom stereocenters. The molecule has 0 saturated carbocycles. The third-order valence-electron chi connectivity index (χ3n) is 2.68. The highest BCUT2D eigenvalue weighted by Crippen LogP contribution is 1.97. The third kappa shape index (κ3) is 19.4. The highest BCUT2D eigenvalue weighted by molar-refractivity contribution is 5.86. The van der Waals surface area contributed by atoms with Crippen LogP contribution >= 0.6 is 0 Å². The molecule has 1 rings (SSSR count). The van der Waals surface area contributed by atoms with Crippen LogP contribution in [0.3, 0.4) is 0 Å². The van der Waals surface area contributed by atoms with Crippen molar-refractivity contribution >= 4 is 18.0 Å². The zero-order chi connectivity index (χ0) is 20.0. The van der Waals surface area contributed by atoms with Gasteiger partial charge in [0.25, 0.3) is 0 Å². The predicted molar refractivity (Wildman–Crippen MR) is 107 cm³/mol. The van der Waals surface area contributed by atoms with E-state index in [1.54, 1.807) is 0 Å². The van der Waals surface area contributed by atoms with E-state index in [9.17, 15) is 9.59 Å². The average molecular weight is 361 g/mol. The first-order valence-corrected chi connectivity index (χ1v) is 8.50. The van der Waals surface area contributed by atoms with Crippen LogP contribution in [0.1, 0.15) is 32.3 Å². The summed E-state index contributed by atoms with van der Waals surface area (Å²) in [6.45, 7) is 15.5. The van der Waals surface area contributed by atoms with Gasteiger partial charge in [0, 0.05) is 12.7 Å². The molecule has 5 nitrogen and oxygen atoms in total. The standard InChI is InChI=1S/C8H8.C7H12O2.C6H11NO2/c1-2-8-6-4-3-5-7-8;1-3-5-6-9-7(8)4-2;1-3-6(8)7-5-9-4-2/h2-7H,1H2;4H,2-3,5-6H2,1H3;3H,1,4-5H2,2H3,(H,7,8). The summed E-state index contributed by atoms with van der Waals surface area (Å²) in [5.74, 6) is -0.535. The first-order valence-electron chi connectivity index (χ1n) is 8.50. The summed E-state index contributed by atoms with van der Waals surface area (Å²) >= 11 is 0. The summed E-state index contributed by atoms with van der Waals surface area (Å²) in [7, 11) is 0. The van der Waals surface area contributed by atoms with Gasteiger partial charge in [0.2, 0.25) is 5.91 Å². The van der Waals surface area contributed by atoms with Gasteiger partial charge in [-0.2, -0.15) is 0 Å². The molecule has 1 aromatic rings. The summed E-state index contributed by atoms with van der Waals surface area (Å²) in [6.07, 6.45) is 6.19. The van der Waals surface area contributed by atoms with E-state index in [0.717, 1.165) is 12.8 Å². The number of hydrogen-bond donors (Lipinski definition) is 1. The van der Waals surface area contributed by atoms with E-state index in [-0.39, 0.29) is 18.6 Å². The molecule has 0 fully saturated rings. The molecule has 1 aromatic carbocycles. The lowest BCUT2D eigenvalue weighted by Crippen LogP contribution is -2.23. The maximum absolute atomic E-state index is 10.4. The van der Waals surface area contributed by atoms with Gasteiger partial charge >= 0.3 is 5.97 Å². The number of carbonyl (C=O) groups is 2. The van der Waals surface area contributed by atoms with Crippen LogP contribution in [-0.4, -0.2) is 31.8 Å². The summed E-state index contributed by atoms with van der Waals surface area (Å²) in [6, 6.07) is 10.0. The van der Waals surface area contributed by atoms with Crippen molar-refractivity contribution in [1.29, 1.82) is 0 Å². The van der Waals surface area contributed by atoms with Gasteiger partial charge in [-0.05, 0) is 25.0 Å². The fourth-order valence-corrected chi connectivity index (χ4v) is 1.26. The van der Waals surface area contributed by atoms with Crippen LogP contribution in [0, 0.1) is 0 Å². The van der Waals surface area contributed by atoms with Crippen molar-refractivity contribution in [3.05, 3.63) is 67.8 Å². The molecular formula is C21H31NO4. The molecule has 0 heterocycles. The number of esters is 1. The van der Waals surface area contributed by atoms with Gasteiger partial charge in [-0.15, -0.1) is 0 Å². The van der Waals surface area contributed by atoms with Gasteiger partial charge in [-0.25, -0.2) is 4.79 Å². The fourth-order valence-electron chi connectivity index (χ4n) is 1.26. The van der Waals surface area contributed by atoms with Crippen molar-refractivity contribution in [2.45, 2.75) is 26.7 Å². The van der Waals surface area contributed by atoms with Gasteiger partial charge in [-0.1, -0.05) is 69.5 Å². The van der Waals surface area contributed by atoms with E-state index >= 15 is 0 Å². The smallest absolute Gasteiger partial charge is 0.330 e. The lowest BCUT2D eigenvalue weighted by atomic mass is 10.2. The Morgan fingerprint density at radius 3 is 2.15 bits per heavy atom. The van der Waals surface area contributed by atoms with Gasteiger partial charge in [0.15, 0.2) is 0 Å². The Bertz CT molecular complexity index is 486. The monoisotopic (exact) mass is 361 g/mol. The molecule has 1 amide bonds. The molecule has 0 radical (unpaired) electrons. The van der Waals surface area contributed by atoms with Crippen molar-refractivity contribution in [3.63, 3.8) is 0 Å². The van der Waals surface area contributed by atoms with Gasteiger partial charge in [0.1, 0.15) is 6.73 Å². The SMILES string of the molecule is C=CC(=O)NCOCC.C=CC(=O)OCCCC.C=Cc1ccccc1. The second kappa shape index (κ2) is 20.4. The minimum Gasteiger partial charge on any atom is -0.463 e. The number of carbonyl (C=O) groups excluding carboxylic acids is 2. The normalized spacial score (nSPS) is 8.54. The highest BCUT2D eigenvalue weighted by Gasteiger charge is 1.91. The molecule has 0 unspecified atom stereocenters. The lowest BCUT2D eigenvalue weighted by Gasteiger charge is -1.99. The summed E-state index contributed by atoms with van der Waals surface area (Å²) in [5, 5.41) is 2.45. The second-order valence-corrected chi connectivity index (χ2v) is 4.72. The van der Waals surface area contributed by atoms with Gasteiger partial charge in [0.05, 0.1) is 6.61 Å². The van der Waals surface area contributed by atoms with Crippen LogP contribution in [0.2, 0.25) is 0 Å². The molecule has 144 valence electrons. The number of amides is 1.